The molecule has 0 saturated heterocycles. The smallest absolute Gasteiger partial charge is 1.00 e. The van der Waals surface area contributed by atoms with Crippen molar-refractivity contribution in [2.45, 2.75) is 142 Å². The Morgan fingerprint density at radius 2 is 1.00 bits per heavy atom. The average Bonchev–Trinajstić information content (AvgIpc) is 3.51. The summed E-state index contributed by atoms with van der Waals surface area (Å²) in [4.78, 5) is 0. The molecule has 0 nitrogen and oxygen atoms in total. The van der Waals surface area contributed by atoms with Crippen LogP contribution >= 0.6 is 0 Å². The van der Waals surface area contributed by atoms with Crippen LogP contribution in [0.3, 0.4) is 0 Å². The van der Waals surface area contributed by atoms with E-state index in [1.807, 2.05) is 0 Å². The summed E-state index contributed by atoms with van der Waals surface area (Å²) >= 11 is 0. The number of rotatable bonds is 6. The topological polar surface area (TPSA) is 0 Å². The van der Waals surface area contributed by atoms with Gasteiger partial charge in [-0.1, -0.05) is 119 Å². The van der Waals surface area contributed by atoms with E-state index in [0.29, 0.717) is 11.8 Å². The fourth-order valence-electron chi connectivity index (χ4n) is 5.22. The van der Waals surface area contributed by atoms with Gasteiger partial charge in [0.2, 0.25) is 0 Å². The third-order valence-electron chi connectivity index (χ3n) is 7.68. The predicted octanol–water partition coefficient (Wildman–Crippen LogP) is 4.12. The third-order valence-corrected chi connectivity index (χ3v) is 10.1. The van der Waals surface area contributed by atoms with E-state index in [1.54, 1.807) is 51.4 Å². The molecule has 2 aromatic carbocycles. The monoisotopic (exact) mass is 625 g/mol. The Hall–Kier alpha value is 0.380. The maximum atomic E-state index is 2.30. The minimum absolute atomic E-state index is 0. The van der Waals surface area contributed by atoms with E-state index in [1.165, 1.54) is 46.2 Å². The standard InChI is InChI=1S/C12H23Si.2C10H15.2ClH.Zr/c1-3-7-11(8-4-1)13-12-9-5-2-6-10-12;2*1-4-9-5-6-10(7-9)8(2)3;;;/h11-13H,1-10H2;2*5-8H,4H2,1-3H3;2*1H;/q;2*-1;;;+4/p-2. The fourth-order valence-corrected chi connectivity index (χ4v) is 7.71. The summed E-state index contributed by atoms with van der Waals surface area (Å²) in [5, 5.41) is 0. The Balaban J connectivity index is 0. The van der Waals surface area contributed by atoms with Gasteiger partial charge in [-0.25, -0.2) is 12.1 Å². The summed E-state index contributed by atoms with van der Waals surface area (Å²) in [6, 6.07) is 13.5. The van der Waals surface area contributed by atoms with Crippen molar-refractivity contribution < 1.29 is 51.0 Å². The van der Waals surface area contributed by atoms with Gasteiger partial charge >= 0.3 is 26.2 Å². The first-order valence-corrected chi connectivity index (χ1v) is 15.6. The summed E-state index contributed by atoms with van der Waals surface area (Å²) < 4.78 is 0. The van der Waals surface area contributed by atoms with Crippen molar-refractivity contribution in [1.29, 1.82) is 0 Å². The van der Waals surface area contributed by atoms with Crippen LogP contribution in [0, 0.1) is 0 Å². The van der Waals surface area contributed by atoms with Crippen LogP contribution < -0.4 is 24.8 Å². The molecular formula is C32H53Cl2SiZr. The third kappa shape index (κ3) is 15.1. The molecule has 2 aliphatic rings. The summed E-state index contributed by atoms with van der Waals surface area (Å²) in [7, 11) is 0.825. The molecule has 2 fully saturated rings. The first-order valence-electron chi connectivity index (χ1n) is 14.3. The number of hydrogen-bond acceptors (Lipinski definition) is 0. The van der Waals surface area contributed by atoms with Crippen LogP contribution in [0.15, 0.2) is 36.4 Å². The molecule has 2 saturated carbocycles. The van der Waals surface area contributed by atoms with Crippen LogP contribution in [0.5, 0.6) is 0 Å². The largest absolute Gasteiger partial charge is 4.00 e. The molecule has 0 bridgehead atoms. The van der Waals surface area contributed by atoms with Gasteiger partial charge in [0.05, 0.1) is 0 Å². The van der Waals surface area contributed by atoms with E-state index in [9.17, 15) is 0 Å². The van der Waals surface area contributed by atoms with Gasteiger partial charge in [0.15, 0.2) is 0 Å². The second-order valence-corrected chi connectivity index (χ2v) is 13.4. The van der Waals surface area contributed by atoms with Crippen molar-refractivity contribution in [1.82, 2.24) is 0 Å². The number of hydrogen-bond donors (Lipinski definition) is 0. The van der Waals surface area contributed by atoms with Crippen molar-refractivity contribution in [2.24, 2.45) is 0 Å². The Morgan fingerprint density at radius 3 is 1.22 bits per heavy atom. The molecule has 0 aromatic heterocycles. The summed E-state index contributed by atoms with van der Waals surface area (Å²) in [5.41, 5.74) is 8.27. The van der Waals surface area contributed by atoms with Crippen molar-refractivity contribution in [3.63, 3.8) is 0 Å². The fraction of sp³-hybridized carbons (Fsp3) is 0.688. The molecular weight excluding hydrogens is 575 g/mol. The van der Waals surface area contributed by atoms with Gasteiger partial charge in [0.25, 0.3) is 0 Å². The number of aryl methyl sites for hydroxylation is 2. The van der Waals surface area contributed by atoms with E-state index < -0.39 is 0 Å². The maximum absolute atomic E-state index is 2.30. The minimum Gasteiger partial charge on any atom is -1.00 e. The van der Waals surface area contributed by atoms with Crippen molar-refractivity contribution in [2.75, 3.05) is 0 Å². The normalized spacial score (nSPS) is 16.0. The molecule has 4 rings (SSSR count). The van der Waals surface area contributed by atoms with Gasteiger partial charge in [0, 0.05) is 9.52 Å². The molecule has 0 unspecified atom stereocenters. The Bertz CT molecular complexity index is 675. The maximum Gasteiger partial charge on any atom is 4.00 e. The molecule has 0 atom stereocenters. The van der Waals surface area contributed by atoms with Crippen LogP contribution in [0.1, 0.15) is 140 Å². The summed E-state index contributed by atoms with van der Waals surface area (Å²) in [6.45, 7) is 13.3. The van der Waals surface area contributed by atoms with Crippen molar-refractivity contribution in [3.8, 4) is 0 Å². The van der Waals surface area contributed by atoms with E-state index in [-0.39, 0.29) is 51.0 Å². The van der Waals surface area contributed by atoms with Crippen molar-refractivity contribution in [3.05, 3.63) is 58.7 Å². The van der Waals surface area contributed by atoms with E-state index >= 15 is 0 Å². The summed E-state index contributed by atoms with van der Waals surface area (Å²) in [5.74, 6) is 1.36. The molecule has 2 aromatic rings. The van der Waals surface area contributed by atoms with Crippen LogP contribution in [0.2, 0.25) is 11.1 Å². The molecule has 1 radical (unpaired) electrons. The van der Waals surface area contributed by atoms with Crippen LogP contribution in [-0.4, -0.2) is 9.52 Å². The molecule has 0 spiro atoms. The van der Waals surface area contributed by atoms with Gasteiger partial charge in [-0.05, 0) is 22.9 Å². The van der Waals surface area contributed by atoms with Crippen LogP contribution in [0.25, 0.3) is 0 Å². The molecule has 0 aliphatic heterocycles. The zero-order valence-corrected chi connectivity index (χ0v) is 29.2. The second-order valence-electron chi connectivity index (χ2n) is 11.1. The average molecular weight is 628 g/mol. The van der Waals surface area contributed by atoms with E-state index in [0.717, 1.165) is 22.4 Å². The SMILES string of the molecule is C1CCC([SiH]C2CCCCC2)CC1.CCc1c[cH-]c(C(C)C)c1.CCc1c[cH-]c(C(C)C)c1.[Cl-].[Cl-].[Zr+4]. The minimum atomic E-state index is 0. The molecule has 4 heteroatoms. The molecule has 0 heterocycles. The first kappa shape index (κ1) is 38.5. The van der Waals surface area contributed by atoms with Crippen LogP contribution in [-0.2, 0) is 39.0 Å². The molecule has 0 N–H and O–H groups in total. The molecule has 0 amide bonds. The van der Waals surface area contributed by atoms with Crippen molar-refractivity contribution >= 4 is 9.52 Å². The van der Waals surface area contributed by atoms with E-state index in [2.05, 4.69) is 77.9 Å². The van der Waals surface area contributed by atoms with Gasteiger partial charge in [-0.2, -0.15) is 46.5 Å². The van der Waals surface area contributed by atoms with Gasteiger partial charge in [-0.15, -0.1) is 0 Å². The Labute approximate surface area is 259 Å². The Kier molecular flexibility index (Phi) is 23.8. The molecule has 203 valence electrons. The van der Waals surface area contributed by atoms with Gasteiger partial charge < -0.3 is 24.8 Å². The zero-order valence-electron chi connectivity index (χ0n) is 24.1. The molecule has 2 aliphatic carbocycles. The van der Waals surface area contributed by atoms with E-state index in [4.69, 9.17) is 0 Å². The zero-order chi connectivity index (χ0) is 24.1. The Morgan fingerprint density at radius 1 is 0.667 bits per heavy atom. The summed E-state index contributed by atoms with van der Waals surface area (Å²) in [6.07, 6.45) is 17.9. The molecule has 36 heavy (non-hydrogen) atoms. The quantitative estimate of drug-likeness (QED) is 0.334. The van der Waals surface area contributed by atoms with Crippen LogP contribution in [0.4, 0.5) is 0 Å². The number of halogens is 2. The predicted molar refractivity (Wildman–Crippen MR) is 152 cm³/mol. The van der Waals surface area contributed by atoms with Gasteiger partial charge in [0.1, 0.15) is 0 Å². The van der Waals surface area contributed by atoms with Gasteiger partial charge in [-0.3, -0.25) is 0 Å². The second kappa shape index (κ2) is 22.2. The first-order chi connectivity index (χ1) is 15.9.